The normalized spacial score (nSPS) is 14.2. The maximum absolute atomic E-state index is 13.0. The molecule has 4 heterocycles. The monoisotopic (exact) mass is 431 g/mol. The van der Waals surface area contributed by atoms with E-state index in [2.05, 4.69) is 47.1 Å². The summed E-state index contributed by atoms with van der Waals surface area (Å²) >= 11 is 0. The number of carbonyl (C=O) groups excluding carboxylic acids is 1. The van der Waals surface area contributed by atoms with Crippen molar-refractivity contribution in [2.75, 3.05) is 12.4 Å². The molecule has 0 spiro atoms. The molecule has 1 N–H and O–H groups in total. The third-order valence-electron chi connectivity index (χ3n) is 5.46. The Bertz CT molecular complexity index is 1290. The van der Waals surface area contributed by atoms with Gasteiger partial charge in [-0.25, -0.2) is 14.6 Å². The summed E-state index contributed by atoms with van der Waals surface area (Å²) in [5.41, 5.74) is 0.903. The Balaban J connectivity index is 1.43. The standard InChI is InChI=1S/C21H21N9O2/c1-13-26-27-18(30(13)21(2)7-8-21)15-5-4-6-16(24-15)25-19(31)14-12-29(28-20(14)32-3)17-11-22-9-10-23-17/h4-6,9-12H,7-8H2,1-3H3,(H,24,25,31). The number of nitrogens with zero attached hydrogens (tertiary/aromatic N) is 8. The van der Waals surface area contributed by atoms with Crippen LogP contribution in [-0.4, -0.2) is 52.5 Å². The second-order valence-corrected chi connectivity index (χ2v) is 7.83. The number of methoxy groups -OCH3 is 1. The van der Waals surface area contributed by atoms with Gasteiger partial charge in [-0.15, -0.1) is 15.3 Å². The minimum Gasteiger partial charge on any atom is -0.479 e. The van der Waals surface area contributed by atoms with E-state index >= 15 is 0 Å². The first kappa shape index (κ1) is 19.8. The molecule has 1 amide bonds. The summed E-state index contributed by atoms with van der Waals surface area (Å²) in [5, 5.41) is 15.6. The van der Waals surface area contributed by atoms with Gasteiger partial charge in [0, 0.05) is 24.1 Å². The largest absolute Gasteiger partial charge is 0.479 e. The lowest BCUT2D eigenvalue weighted by Gasteiger charge is -2.15. The van der Waals surface area contributed by atoms with E-state index in [9.17, 15) is 4.79 Å². The molecular weight excluding hydrogens is 410 g/mol. The molecular formula is C21H21N9O2. The van der Waals surface area contributed by atoms with Crippen LogP contribution in [0.15, 0.2) is 43.0 Å². The van der Waals surface area contributed by atoms with Gasteiger partial charge in [0.15, 0.2) is 11.6 Å². The van der Waals surface area contributed by atoms with E-state index in [1.54, 1.807) is 18.5 Å². The zero-order valence-corrected chi connectivity index (χ0v) is 17.8. The molecule has 0 saturated heterocycles. The van der Waals surface area contributed by atoms with Crippen molar-refractivity contribution in [3.8, 4) is 23.2 Å². The number of ether oxygens (including phenoxy) is 1. The summed E-state index contributed by atoms with van der Waals surface area (Å²) in [6, 6.07) is 5.39. The molecule has 5 rings (SSSR count). The van der Waals surface area contributed by atoms with Crippen molar-refractivity contribution < 1.29 is 9.53 Å². The fourth-order valence-electron chi connectivity index (χ4n) is 3.58. The van der Waals surface area contributed by atoms with Crippen molar-refractivity contribution >= 4 is 11.7 Å². The second kappa shape index (κ2) is 7.52. The number of rotatable bonds is 6. The van der Waals surface area contributed by atoms with E-state index in [1.165, 1.54) is 24.2 Å². The SMILES string of the molecule is COc1nn(-c2cnccn2)cc1C(=O)Nc1cccc(-c2nnc(C)n2C2(C)CC2)n1. The summed E-state index contributed by atoms with van der Waals surface area (Å²) in [6.07, 6.45) is 8.33. The molecule has 4 aromatic rings. The Morgan fingerprint density at radius 2 is 2.06 bits per heavy atom. The van der Waals surface area contributed by atoms with Gasteiger partial charge in [-0.3, -0.25) is 9.78 Å². The van der Waals surface area contributed by atoms with Crippen LogP contribution < -0.4 is 10.1 Å². The van der Waals surface area contributed by atoms with Crippen LogP contribution in [-0.2, 0) is 5.54 Å². The fraction of sp³-hybridized carbons (Fsp3) is 0.286. The van der Waals surface area contributed by atoms with Gasteiger partial charge in [-0.2, -0.15) is 0 Å². The lowest BCUT2D eigenvalue weighted by Crippen LogP contribution is -2.16. The summed E-state index contributed by atoms with van der Waals surface area (Å²) in [6.45, 7) is 4.12. The first-order chi connectivity index (χ1) is 15.5. The van der Waals surface area contributed by atoms with Gasteiger partial charge in [0.2, 0.25) is 5.88 Å². The third-order valence-corrected chi connectivity index (χ3v) is 5.46. The van der Waals surface area contributed by atoms with Crippen LogP contribution in [0.1, 0.15) is 35.9 Å². The van der Waals surface area contributed by atoms with E-state index in [0.717, 1.165) is 18.7 Å². The summed E-state index contributed by atoms with van der Waals surface area (Å²) in [7, 11) is 1.45. The van der Waals surface area contributed by atoms with Gasteiger partial charge in [0.05, 0.1) is 13.3 Å². The summed E-state index contributed by atoms with van der Waals surface area (Å²) in [4.78, 5) is 25.8. The van der Waals surface area contributed by atoms with Gasteiger partial charge < -0.3 is 14.6 Å². The Labute approximate surface area is 183 Å². The predicted molar refractivity (Wildman–Crippen MR) is 115 cm³/mol. The molecule has 11 heteroatoms. The maximum atomic E-state index is 13.0. The van der Waals surface area contributed by atoms with Crippen molar-refractivity contribution in [2.24, 2.45) is 0 Å². The Morgan fingerprint density at radius 1 is 1.22 bits per heavy atom. The van der Waals surface area contributed by atoms with Crippen molar-refractivity contribution in [3.63, 3.8) is 0 Å². The zero-order valence-electron chi connectivity index (χ0n) is 17.8. The minimum absolute atomic E-state index is 0.0200. The van der Waals surface area contributed by atoms with Gasteiger partial charge in [-0.05, 0) is 38.8 Å². The molecule has 11 nitrogen and oxygen atoms in total. The fourth-order valence-corrected chi connectivity index (χ4v) is 3.58. The number of hydrogen-bond donors (Lipinski definition) is 1. The van der Waals surface area contributed by atoms with E-state index in [0.29, 0.717) is 23.2 Å². The molecule has 0 aromatic carbocycles. The average Bonchev–Trinajstić information content (AvgIpc) is 3.23. The first-order valence-corrected chi connectivity index (χ1v) is 10.1. The lowest BCUT2D eigenvalue weighted by molar-refractivity contribution is 0.102. The average molecular weight is 431 g/mol. The highest BCUT2D eigenvalue weighted by atomic mass is 16.5. The quantitative estimate of drug-likeness (QED) is 0.493. The number of anilines is 1. The molecule has 0 radical (unpaired) electrons. The summed E-state index contributed by atoms with van der Waals surface area (Å²) < 4.78 is 8.84. The molecule has 0 unspecified atom stereocenters. The van der Waals surface area contributed by atoms with Gasteiger partial charge in [-0.1, -0.05) is 6.07 Å². The van der Waals surface area contributed by atoms with E-state index in [-0.39, 0.29) is 17.0 Å². The number of aryl methyl sites for hydroxylation is 1. The smallest absolute Gasteiger partial charge is 0.263 e. The molecule has 4 aromatic heterocycles. The van der Waals surface area contributed by atoms with Crippen molar-refractivity contribution in [1.29, 1.82) is 0 Å². The maximum Gasteiger partial charge on any atom is 0.263 e. The van der Waals surface area contributed by atoms with Crippen molar-refractivity contribution in [3.05, 3.63) is 54.4 Å². The van der Waals surface area contributed by atoms with Crippen LogP contribution >= 0.6 is 0 Å². The van der Waals surface area contributed by atoms with Gasteiger partial charge in [0.25, 0.3) is 5.91 Å². The highest BCUT2D eigenvalue weighted by molar-refractivity contribution is 6.05. The van der Waals surface area contributed by atoms with Crippen molar-refractivity contribution in [1.82, 2.24) is 39.5 Å². The molecule has 1 fully saturated rings. The Morgan fingerprint density at radius 3 is 2.78 bits per heavy atom. The number of amides is 1. The second-order valence-electron chi connectivity index (χ2n) is 7.83. The van der Waals surface area contributed by atoms with Crippen LogP contribution in [0.2, 0.25) is 0 Å². The van der Waals surface area contributed by atoms with Crippen LogP contribution in [0.4, 0.5) is 5.82 Å². The highest BCUT2D eigenvalue weighted by Gasteiger charge is 2.42. The number of carbonyl (C=O) groups is 1. The zero-order chi connectivity index (χ0) is 22.3. The number of aromatic nitrogens is 8. The first-order valence-electron chi connectivity index (χ1n) is 10.1. The molecule has 1 aliphatic carbocycles. The predicted octanol–water partition coefficient (Wildman–Crippen LogP) is 2.39. The molecule has 0 bridgehead atoms. The lowest BCUT2D eigenvalue weighted by atomic mass is 10.2. The molecule has 1 aliphatic rings. The van der Waals surface area contributed by atoms with Gasteiger partial charge in [0.1, 0.15) is 22.9 Å². The van der Waals surface area contributed by atoms with Crippen LogP contribution in [0.5, 0.6) is 5.88 Å². The molecule has 1 saturated carbocycles. The van der Waals surface area contributed by atoms with Crippen LogP contribution in [0.3, 0.4) is 0 Å². The highest BCUT2D eigenvalue weighted by Crippen LogP contribution is 2.45. The molecule has 0 atom stereocenters. The van der Waals surface area contributed by atoms with Crippen LogP contribution in [0.25, 0.3) is 17.3 Å². The number of pyridine rings is 1. The van der Waals surface area contributed by atoms with Gasteiger partial charge >= 0.3 is 0 Å². The van der Waals surface area contributed by atoms with E-state index < -0.39 is 5.91 Å². The van der Waals surface area contributed by atoms with E-state index in [4.69, 9.17) is 4.74 Å². The summed E-state index contributed by atoms with van der Waals surface area (Å²) in [5.74, 6) is 2.14. The Kier molecular flexibility index (Phi) is 4.65. The number of hydrogen-bond acceptors (Lipinski definition) is 8. The Hall–Kier alpha value is -4.15. The molecule has 162 valence electrons. The van der Waals surface area contributed by atoms with Crippen molar-refractivity contribution in [2.45, 2.75) is 32.2 Å². The van der Waals surface area contributed by atoms with Crippen LogP contribution in [0, 0.1) is 6.92 Å². The van der Waals surface area contributed by atoms with E-state index in [1.807, 2.05) is 19.1 Å². The topological polar surface area (TPSA) is 126 Å². The molecule has 0 aliphatic heterocycles. The minimum atomic E-state index is -0.409. The molecule has 32 heavy (non-hydrogen) atoms. The number of nitrogens with one attached hydrogen (secondary N) is 1. The third kappa shape index (κ3) is 3.47.